The van der Waals surface area contributed by atoms with E-state index in [-0.39, 0.29) is 19.0 Å². The Morgan fingerprint density at radius 1 is 1.30 bits per heavy atom. The van der Waals surface area contributed by atoms with Gasteiger partial charge in [0.1, 0.15) is 5.75 Å². The number of carbonyl (C=O) groups excluding carboxylic acids is 1. The summed E-state index contributed by atoms with van der Waals surface area (Å²) in [4.78, 5) is 12.2. The third kappa shape index (κ3) is 3.23. The summed E-state index contributed by atoms with van der Waals surface area (Å²) < 4.78 is 42.4. The van der Waals surface area contributed by atoms with Crippen molar-refractivity contribution in [3.8, 4) is 5.75 Å². The Balaban J connectivity index is 2.08. The number of nitrogens with zero attached hydrogens (tertiary/aromatic N) is 1. The molecule has 1 fully saturated rings. The Morgan fingerprint density at radius 2 is 1.95 bits per heavy atom. The van der Waals surface area contributed by atoms with Crippen molar-refractivity contribution in [1.29, 1.82) is 0 Å². The first kappa shape index (κ1) is 14.7. The number of methoxy groups -OCH3 is 1. The van der Waals surface area contributed by atoms with Crippen molar-refractivity contribution in [2.24, 2.45) is 0 Å². The molecule has 1 amide bonds. The van der Waals surface area contributed by atoms with Crippen molar-refractivity contribution in [1.82, 2.24) is 4.90 Å². The minimum Gasteiger partial charge on any atom is -0.497 e. The van der Waals surface area contributed by atoms with Crippen molar-refractivity contribution in [2.75, 3.05) is 20.2 Å². The van der Waals surface area contributed by atoms with E-state index in [1.54, 1.807) is 19.2 Å². The van der Waals surface area contributed by atoms with Gasteiger partial charge in [0.25, 0.3) is 0 Å². The molecule has 1 aliphatic heterocycles. The van der Waals surface area contributed by atoms with Crippen molar-refractivity contribution in [3.05, 3.63) is 29.8 Å². The van der Waals surface area contributed by atoms with E-state index in [9.17, 15) is 18.0 Å². The monoisotopic (exact) mass is 287 g/mol. The molecular formula is C14H16F3NO2. The molecule has 0 saturated carbocycles. The standard InChI is InChI=1S/C14H16F3NO2/c1-20-12-6-4-10(5-7-12)11-3-2-8-18(9-11)13(19)14(15,16)17/h4-7,11H,2-3,8-9H2,1H3. The van der Waals surface area contributed by atoms with Crippen LogP contribution in [0.15, 0.2) is 24.3 Å². The molecule has 1 aromatic carbocycles. The lowest BCUT2D eigenvalue weighted by Crippen LogP contribution is -2.45. The number of halogens is 3. The van der Waals surface area contributed by atoms with E-state index in [1.807, 2.05) is 12.1 Å². The van der Waals surface area contributed by atoms with Gasteiger partial charge in [-0.3, -0.25) is 4.79 Å². The highest BCUT2D eigenvalue weighted by Gasteiger charge is 2.43. The van der Waals surface area contributed by atoms with Crippen molar-refractivity contribution < 1.29 is 22.7 Å². The van der Waals surface area contributed by atoms with Gasteiger partial charge < -0.3 is 9.64 Å². The number of piperidine rings is 1. The van der Waals surface area contributed by atoms with Crippen LogP contribution in [0.2, 0.25) is 0 Å². The Labute approximate surface area is 115 Å². The van der Waals surface area contributed by atoms with E-state index in [2.05, 4.69) is 0 Å². The molecule has 1 heterocycles. The van der Waals surface area contributed by atoms with E-state index in [1.165, 1.54) is 0 Å². The molecule has 0 radical (unpaired) electrons. The number of hydrogen-bond donors (Lipinski definition) is 0. The first-order valence-electron chi connectivity index (χ1n) is 6.42. The lowest BCUT2D eigenvalue weighted by molar-refractivity contribution is -0.186. The summed E-state index contributed by atoms with van der Waals surface area (Å²) in [6.07, 6.45) is -3.42. The van der Waals surface area contributed by atoms with E-state index < -0.39 is 12.1 Å². The summed E-state index contributed by atoms with van der Waals surface area (Å²) >= 11 is 0. The Morgan fingerprint density at radius 3 is 2.50 bits per heavy atom. The number of likely N-dealkylation sites (tertiary alicyclic amines) is 1. The number of amides is 1. The highest BCUT2D eigenvalue weighted by molar-refractivity contribution is 5.82. The second-order valence-corrected chi connectivity index (χ2v) is 4.86. The van der Waals surface area contributed by atoms with Crippen molar-refractivity contribution >= 4 is 5.91 Å². The lowest BCUT2D eigenvalue weighted by Gasteiger charge is -2.33. The topological polar surface area (TPSA) is 29.5 Å². The van der Waals surface area contributed by atoms with Gasteiger partial charge in [0.15, 0.2) is 0 Å². The SMILES string of the molecule is COc1ccc(C2CCCN(C(=O)C(F)(F)F)C2)cc1. The maximum absolute atomic E-state index is 12.5. The first-order chi connectivity index (χ1) is 9.41. The highest BCUT2D eigenvalue weighted by atomic mass is 19.4. The normalized spacial score (nSPS) is 19.8. The second kappa shape index (κ2) is 5.73. The summed E-state index contributed by atoms with van der Waals surface area (Å²) in [7, 11) is 1.55. The molecular weight excluding hydrogens is 271 g/mol. The van der Waals surface area contributed by atoms with Gasteiger partial charge in [0, 0.05) is 19.0 Å². The first-order valence-corrected chi connectivity index (χ1v) is 6.42. The molecule has 0 N–H and O–H groups in total. The van der Waals surface area contributed by atoms with Gasteiger partial charge in [-0.2, -0.15) is 13.2 Å². The zero-order chi connectivity index (χ0) is 14.8. The van der Waals surface area contributed by atoms with Gasteiger partial charge >= 0.3 is 12.1 Å². The van der Waals surface area contributed by atoms with Crippen LogP contribution in [0.1, 0.15) is 24.3 Å². The van der Waals surface area contributed by atoms with Crippen LogP contribution in [0.25, 0.3) is 0 Å². The fraction of sp³-hybridized carbons (Fsp3) is 0.500. The molecule has 0 spiro atoms. The summed E-state index contributed by atoms with van der Waals surface area (Å²) in [6, 6.07) is 7.23. The fourth-order valence-corrected chi connectivity index (χ4v) is 2.49. The molecule has 1 unspecified atom stereocenters. The van der Waals surface area contributed by atoms with Gasteiger partial charge in [-0.15, -0.1) is 0 Å². The minimum absolute atomic E-state index is 0.0547. The smallest absolute Gasteiger partial charge is 0.471 e. The van der Waals surface area contributed by atoms with Gasteiger partial charge in [0.2, 0.25) is 0 Å². The molecule has 1 aliphatic rings. The van der Waals surface area contributed by atoms with Crippen molar-refractivity contribution in [3.63, 3.8) is 0 Å². The van der Waals surface area contributed by atoms with Crippen LogP contribution in [0.5, 0.6) is 5.75 Å². The average Bonchev–Trinajstić information content (AvgIpc) is 2.46. The van der Waals surface area contributed by atoms with E-state index in [0.29, 0.717) is 12.2 Å². The molecule has 0 aromatic heterocycles. The van der Waals surface area contributed by atoms with Gasteiger partial charge in [0.05, 0.1) is 7.11 Å². The van der Waals surface area contributed by atoms with Crippen LogP contribution in [0.3, 0.4) is 0 Å². The second-order valence-electron chi connectivity index (χ2n) is 4.86. The van der Waals surface area contributed by atoms with E-state index in [4.69, 9.17) is 4.74 Å². The van der Waals surface area contributed by atoms with Crippen LogP contribution in [0.4, 0.5) is 13.2 Å². The Kier molecular flexibility index (Phi) is 4.20. The van der Waals surface area contributed by atoms with Crippen molar-refractivity contribution in [2.45, 2.75) is 24.9 Å². The molecule has 0 bridgehead atoms. The molecule has 110 valence electrons. The number of hydrogen-bond acceptors (Lipinski definition) is 2. The van der Waals surface area contributed by atoms with Crippen LogP contribution in [0, 0.1) is 0 Å². The largest absolute Gasteiger partial charge is 0.497 e. The zero-order valence-corrected chi connectivity index (χ0v) is 11.1. The lowest BCUT2D eigenvalue weighted by atomic mass is 9.90. The summed E-state index contributed by atoms with van der Waals surface area (Å²) in [6.45, 7) is 0.287. The Bertz CT molecular complexity index is 470. The fourth-order valence-electron chi connectivity index (χ4n) is 2.49. The summed E-state index contributed by atoms with van der Waals surface area (Å²) in [5.41, 5.74) is 0.936. The van der Waals surface area contributed by atoms with Gasteiger partial charge in [-0.1, -0.05) is 12.1 Å². The minimum atomic E-state index is -4.79. The quantitative estimate of drug-likeness (QED) is 0.837. The van der Waals surface area contributed by atoms with Crippen LogP contribution < -0.4 is 4.74 Å². The maximum atomic E-state index is 12.5. The highest BCUT2D eigenvalue weighted by Crippen LogP contribution is 2.30. The van der Waals surface area contributed by atoms with Gasteiger partial charge in [-0.05, 0) is 30.5 Å². The summed E-state index contributed by atoms with van der Waals surface area (Å²) in [5.74, 6) is -1.09. The average molecular weight is 287 g/mol. The van der Waals surface area contributed by atoms with Gasteiger partial charge in [-0.25, -0.2) is 0 Å². The number of benzene rings is 1. The predicted molar refractivity (Wildman–Crippen MR) is 67.6 cm³/mol. The molecule has 0 aliphatic carbocycles. The van der Waals surface area contributed by atoms with Crippen LogP contribution >= 0.6 is 0 Å². The third-order valence-corrected chi connectivity index (χ3v) is 3.54. The van der Waals surface area contributed by atoms with E-state index in [0.717, 1.165) is 16.9 Å². The molecule has 3 nitrogen and oxygen atoms in total. The number of carbonyl (C=O) groups is 1. The number of rotatable bonds is 2. The summed E-state index contributed by atoms with van der Waals surface area (Å²) in [5, 5.41) is 0. The third-order valence-electron chi connectivity index (χ3n) is 3.54. The molecule has 1 saturated heterocycles. The molecule has 6 heteroatoms. The van der Waals surface area contributed by atoms with Crippen LogP contribution in [-0.2, 0) is 4.79 Å². The number of alkyl halides is 3. The Hall–Kier alpha value is -1.72. The molecule has 1 atom stereocenters. The maximum Gasteiger partial charge on any atom is 0.471 e. The zero-order valence-electron chi connectivity index (χ0n) is 11.1. The van der Waals surface area contributed by atoms with E-state index >= 15 is 0 Å². The molecule has 20 heavy (non-hydrogen) atoms. The molecule has 2 rings (SSSR count). The van der Waals surface area contributed by atoms with Crippen LogP contribution in [-0.4, -0.2) is 37.2 Å². The molecule has 1 aromatic rings. The predicted octanol–water partition coefficient (Wildman–Crippen LogP) is 2.96. The number of ether oxygens (including phenoxy) is 1.